The number of thiazole rings is 1. The summed E-state index contributed by atoms with van der Waals surface area (Å²) >= 11 is 1.46. The molecule has 0 aliphatic carbocycles. The number of aryl methyl sites for hydroxylation is 1. The minimum absolute atomic E-state index is 0.251. The molecule has 0 unspecified atom stereocenters. The summed E-state index contributed by atoms with van der Waals surface area (Å²) in [5, 5.41) is 19.4. The van der Waals surface area contributed by atoms with Gasteiger partial charge in [-0.15, -0.1) is 16.4 Å². The van der Waals surface area contributed by atoms with Crippen molar-refractivity contribution in [2.24, 2.45) is 7.05 Å². The first-order valence-corrected chi connectivity index (χ1v) is 6.67. The molecule has 100 valence electrons. The van der Waals surface area contributed by atoms with Crippen LogP contribution in [0, 0.1) is 0 Å². The summed E-state index contributed by atoms with van der Waals surface area (Å²) in [6.07, 6.45) is 1.65. The Balaban J connectivity index is 2.00. The largest absolute Gasteiger partial charge is 0.478 e. The maximum absolute atomic E-state index is 11.0. The molecule has 0 aliphatic rings. The van der Waals surface area contributed by atoms with E-state index in [9.17, 15) is 4.79 Å². The molecule has 1 N–H and O–H groups in total. The van der Waals surface area contributed by atoms with Gasteiger partial charge in [0.1, 0.15) is 16.4 Å². The van der Waals surface area contributed by atoms with Crippen LogP contribution >= 0.6 is 11.3 Å². The maximum Gasteiger partial charge on any atom is 0.335 e. The Morgan fingerprint density at radius 2 is 2.25 bits per heavy atom. The lowest BCUT2D eigenvalue weighted by molar-refractivity contribution is 0.0697. The third kappa shape index (κ3) is 2.19. The van der Waals surface area contributed by atoms with Crippen molar-refractivity contribution < 1.29 is 9.90 Å². The summed E-state index contributed by atoms with van der Waals surface area (Å²) < 4.78 is 1.65. The highest BCUT2D eigenvalue weighted by molar-refractivity contribution is 7.13. The van der Waals surface area contributed by atoms with Crippen LogP contribution in [0.2, 0.25) is 0 Å². The first-order valence-electron chi connectivity index (χ1n) is 5.79. The Bertz CT molecular complexity index is 778. The summed E-state index contributed by atoms with van der Waals surface area (Å²) in [6, 6.07) is 6.74. The van der Waals surface area contributed by atoms with Gasteiger partial charge in [-0.3, -0.25) is 0 Å². The summed E-state index contributed by atoms with van der Waals surface area (Å²) in [4.78, 5) is 15.5. The molecule has 0 saturated heterocycles. The number of aromatic carboxylic acids is 1. The lowest BCUT2D eigenvalue weighted by Crippen LogP contribution is -1.96. The van der Waals surface area contributed by atoms with Crippen LogP contribution in [0.3, 0.4) is 0 Å². The Morgan fingerprint density at radius 1 is 1.40 bits per heavy atom. The molecule has 3 aromatic rings. The number of carbonyl (C=O) groups is 1. The van der Waals surface area contributed by atoms with Crippen LogP contribution in [-0.2, 0) is 7.05 Å². The van der Waals surface area contributed by atoms with E-state index in [1.807, 2.05) is 11.4 Å². The zero-order valence-electron chi connectivity index (χ0n) is 10.5. The zero-order chi connectivity index (χ0) is 14.1. The highest BCUT2D eigenvalue weighted by atomic mass is 32.1. The van der Waals surface area contributed by atoms with Gasteiger partial charge in [0.25, 0.3) is 0 Å². The van der Waals surface area contributed by atoms with Crippen molar-refractivity contribution in [1.82, 2.24) is 20.0 Å². The van der Waals surface area contributed by atoms with E-state index in [1.54, 1.807) is 36.1 Å². The van der Waals surface area contributed by atoms with Crippen LogP contribution in [-0.4, -0.2) is 31.1 Å². The average molecular weight is 286 g/mol. The normalized spacial score (nSPS) is 10.7. The van der Waals surface area contributed by atoms with Crippen molar-refractivity contribution in [3.05, 3.63) is 41.4 Å². The lowest BCUT2D eigenvalue weighted by Gasteiger charge is -1.98. The van der Waals surface area contributed by atoms with Gasteiger partial charge in [0.05, 0.1) is 11.8 Å². The van der Waals surface area contributed by atoms with E-state index in [0.29, 0.717) is 0 Å². The quantitative estimate of drug-likeness (QED) is 0.799. The summed E-state index contributed by atoms with van der Waals surface area (Å²) in [6.45, 7) is 0. The second-order valence-corrected chi connectivity index (χ2v) is 5.02. The Kier molecular flexibility index (Phi) is 3.03. The first kappa shape index (κ1) is 12.5. The van der Waals surface area contributed by atoms with Crippen LogP contribution in [0.4, 0.5) is 0 Å². The van der Waals surface area contributed by atoms with E-state index in [4.69, 9.17) is 5.11 Å². The fourth-order valence-electron chi connectivity index (χ4n) is 1.83. The molecule has 0 saturated carbocycles. The van der Waals surface area contributed by atoms with E-state index in [1.165, 1.54) is 11.3 Å². The number of carboxylic acid groups (broad SMARTS) is 1. The van der Waals surface area contributed by atoms with Gasteiger partial charge >= 0.3 is 5.97 Å². The Morgan fingerprint density at radius 3 is 2.95 bits per heavy atom. The van der Waals surface area contributed by atoms with Gasteiger partial charge in [0, 0.05) is 18.0 Å². The second kappa shape index (κ2) is 4.86. The minimum Gasteiger partial charge on any atom is -0.478 e. The van der Waals surface area contributed by atoms with E-state index in [2.05, 4.69) is 15.3 Å². The molecule has 3 rings (SSSR count). The molecule has 2 aromatic heterocycles. The van der Waals surface area contributed by atoms with Gasteiger partial charge in [-0.25, -0.2) is 14.5 Å². The third-order valence-electron chi connectivity index (χ3n) is 2.84. The van der Waals surface area contributed by atoms with Crippen LogP contribution in [0.15, 0.2) is 35.8 Å². The number of nitrogens with zero attached hydrogens (tertiary/aromatic N) is 4. The van der Waals surface area contributed by atoms with E-state index >= 15 is 0 Å². The van der Waals surface area contributed by atoms with Crippen molar-refractivity contribution >= 4 is 17.3 Å². The zero-order valence-corrected chi connectivity index (χ0v) is 11.3. The Hall–Kier alpha value is -2.54. The number of hydrogen-bond acceptors (Lipinski definition) is 5. The molecule has 0 fully saturated rings. The summed E-state index contributed by atoms with van der Waals surface area (Å²) in [5.74, 6) is -0.945. The van der Waals surface area contributed by atoms with Crippen LogP contribution in [0.1, 0.15) is 10.4 Å². The highest BCUT2D eigenvalue weighted by Crippen LogP contribution is 2.28. The third-order valence-corrected chi connectivity index (χ3v) is 3.73. The van der Waals surface area contributed by atoms with Gasteiger partial charge in [-0.1, -0.05) is 17.3 Å². The van der Waals surface area contributed by atoms with Crippen molar-refractivity contribution in [2.45, 2.75) is 0 Å². The monoisotopic (exact) mass is 286 g/mol. The van der Waals surface area contributed by atoms with E-state index in [0.717, 1.165) is 22.0 Å². The standard InChI is InChI=1S/C13H10N4O2S/c1-17-11(6-14-16-17)10-7-20-12(15-10)8-3-2-4-9(5-8)13(18)19/h2-7H,1H3,(H,18,19). The topological polar surface area (TPSA) is 80.9 Å². The summed E-state index contributed by atoms with van der Waals surface area (Å²) in [7, 11) is 1.80. The van der Waals surface area contributed by atoms with Crippen LogP contribution in [0.5, 0.6) is 0 Å². The molecular formula is C13H10N4O2S. The number of carboxylic acids is 1. The number of benzene rings is 1. The molecular weight excluding hydrogens is 276 g/mol. The molecule has 0 aliphatic heterocycles. The van der Waals surface area contributed by atoms with Crippen molar-refractivity contribution in [1.29, 1.82) is 0 Å². The molecule has 0 atom stereocenters. The van der Waals surface area contributed by atoms with Crippen LogP contribution < -0.4 is 0 Å². The van der Waals surface area contributed by atoms with Crippen molar-refractivity contribution in [3.63, 3.8) is 0 Å². The average Bonchev–Trinajstić information content (AvgIpc) is 3.07. The van der Waals surface area contributed by atoms with Gasteiger partial charge in [-0.05, 0) is 12.1 Å². The molecule has 2 heterocycles. The predicted molar refractivity (Wildman–Crippen MR) is 74.5 cm³/mol. The van der Waals surface area contributed by atoms with E-state index < -0.39 is 5.97 Å². The van der Waals surface area contributed by atoms with Crippen molar-refractivity contribution in [3.8, 4) is 22.0 Å². The molecule has 0 bridgehead atoms. The lowest BCUT2D eigenvalue weighted by atomic mass is 10.1. The smallest absolute Gasteiger partial charge is 0.335 e. The molecule has 0 radical (unpaired) electrons. The predicted octanol–water partition coefficient (Wildman–Crippen LogP) is 2.30. The molecule has 0 spiro atoms. The summed E-state index contributed by atoms with van der Waals surface area (Å²) in [5.41, 5.74) is 2.64. The number of hydrogen-bond donors (Lipinski definition) is 1. The molecule has 6 nitrogen and oxygen atoms in total. The number of aromatic nitrogens is 4. The molecule has 20 heavy (non-hydrogen) atoms. The first-order chi connectivity index (χ1) is 9.65. The number of rotatable bonds is 3. The van der Waals surface area contributed by atoms with Gasteiger partial charge < -0.3 is 5.11 Å². The van der Waals surface area contributed by atoms with Gasteiger partial charge in [0.15, 0.2) is 0 Å². The Labute approximate surface area is 118 Å². The van der Waals surface area contributed by atoms with Gasteiger partial charge in [-0.2, -0.15) is 0 Å². The molecule has 0 amide bonds. The van der Waals surface area contributed by atoms with Crippen molar-refractivity contribution in [2.75, 3.05) is 0 Å². The molecule has 7 heteroatoms. The fraction of sp³-hybridized carbons (Fsp3) is 0.0769. The fourth-order valence-corrected chi connectivity index (χ4v) is 2.64. The minimum atomic E-state index is -0.945. The second-order valence-electron chi connectivity index (χ2n) is 4.17. The molecule has 1 aromatic carbocycles. The van der Waals surface area contributed by atoms with Crippen LogP contribution in [0.25, 0.3) is 22.0 Å². The SMILES string of the molecule is Cn1nncc1-c1csc(-c2cccc(C(=O)O)c2)n1. The highest BCUT2D eigenvalue weighted by Gasteiger charge is 2.11. The maximum atomic E-state index is 11.0. The van der Waals surface area contributed by atoms with Gasteiger partial charge in [0.2, 0.25) is 0 Å². The van der Waals surface area contributed by atoms with E-state index in [-0.39, 0.29) is 5.56 Å².